The molecule has 106 valence electrons. The molecule has 1 aromatic carbocycles. The van der Waals surface area contributed by atoms with Crippen molar-refractivity contribution in [1.29, 1.82) is 0 Å². The molecule has 1 heterocycles. The molecule has 2 rings (SSSR count). The Kier molecular flexibility index (Phi) is 4.90. The van der Waals surface area contributed by atoms with E-state index in [9.17, 15) is 0 Å². The lowest BCUT2D eigenvalue weighted by Gasteiger charge is -2.10. The molecule has 3 nitrogen and oxygen atoms in total. The van der Waals surface area contributed by atoms with Gasteiger partial charge in [-0.1, -0.05) is 30.8 Å². The highest BCUT2D eigenvalue weighted by Crippen LogP contribution is 2.32. The summed E-state index contributed by atoms with van der Waals surface area (Å²) in [6, 6.07) is 10.2. The lowest BCUT2D eigenvalue weighted by Crippen LogP contribution is -2.01. The second-order valence-corrected chi connectivity index (χ2v) is 5.83. The maximum absolute atomic E-state index is 5.88. The zero-order valence-electron chi connectivity index (χ0n) is 12.1. The van der Waals surface area contributed by atoms with Crippen LogP contribution in [0.3, 0.4) is 0 Å². The maximum Gasteiger partial charge on any atom is 0.238 e. The van der Waals surface area contributed by atoms with Gasteiger partial charge in [0.1, 0.15) is 5.03 Å². The van der Waals surface area contributed by atoms with Crippen molar-refractivity contribution >= 4 is 17.4 Å². The summed E-state index contributed by atoms with van der Waals surface area (Å²) in [5.74, 6) is 0.530. The molecule has 0 saturated heterocycles. The highest BCUT2D eigenvalue weighted by atomic mass is 32.2. The van der Waals surface area contributed by atoms with E-state index in [1.165, 1.54) is 16.0 Å². The van der Waals surface area contributed by atoms with Gasteiger partial charge in [0, 0.05) is 4.90 Å². The van der Waals surface area contributed by atoms with Gasteiger partial charge in [-0.25, -0.2) is 4.98 Å². The van der Waals surface area contributed by atoms with Crippen LogP contribution in [0.2, 0.25) is 0 Å². The predicted octanol–water partition coefficient (Wildman–Crippen LogP) is 4.22. The Morgan fingerprint density at radius 1 is 1.20 bits per heavy atom. The van der Waals surface area contributed by atoms with Crippen molar-refractivity contribution in [2.24, 2.45) is 0 Å². The van der Waals surface area contributed by atoms with Gasteiger partial charge in [0.2, 0.25) is 5.88 Å². The highest BCUT2D eigenvalue weighted by molar-refractivity contribution is 7.99. The topological polar surface area (TPSA) is 48.1 Å². The number of benzene rings is 1. The van der Waals surface area contributed by atoms with E-state index in [0.29, 0.717) is 18.2 Å². The van der Waals surface area contributed by atoms with Crippen LogP contribution < -0.4 is 10.5 Å². The van der Waals surface area contributed by atoms with Crippen molar-refractivity contribution in [3.63, 3.8) is 0 Å². The highest BCUT2D eigenvalue weighted by Gasteiger charge is 2.07. The Bertz CT molecular complexity index is 599. The van der Waals surface area contributed by atoms with Gasteiger partial charge in [-0.15, -0.1) is 0 Å². The van der Waals surface area contributed by atoms with E-state index in [1.807, 2.05) is 12.1 Å². The molecule has 0 radical (unpaired) electrons. The molecule has 2 N–H and O–H groups in total. The summed E-state index contributed by atoms with van der Waals surface area (Å²) in [6.07, 6.45) is 0.940. The van der Waals surface area contributed by atoms with Crippen molar-refractivity contribution in [1.82, 2.24) is 4.98 Å². The van der Waals surface area contributed by atoms with Crippen molar-refractivity contribution in [2.75, 3.05) is 12.3 Å². The standard InChI is InChI=1S/C16H20N2OS/c1-4-9-19-16-13(17)7-8-15(18-16)20-14-10-11(2)5-6-12(14)3/h5-8,10H,4,9,17H2,1-3H3. The first-order valence-corrected chi connectivity index (χ1v) is 7.56. The van der Waals surface area contributed by atoms with Crippen LogP contribution in [0.1, 0.15) is 24.5 Å². The fourth-order valence-corrected chi connectivity index (χ4v) is 2.70. The molecule has 1 aromatic heterocycles. The molecule has 0 saturated carbocycles. The number of rotatable bonds is 5. The molecule has 0 amide bonds. The molecule has 20 heavy (non-hydrogen) atoms. The van der Waals surface area contributed by atoms with Crippen molar-refractivity contribution in [3.8, 4) is 5.88 Å². The van der Waals surface area contributed by atoms with Crippen LogP contribution >= 0.6 is 11.8 Å². The minimum absolute atomic E-state index is 0.530. The molecule has 4 heteroatoms. The van der Waals surface area contributed by atoms with Crippen LogP contribution in [0, 0.1) is 13.8 Å². The predicted molar refractivity (Wildman–Crippen MR) is 84.5 cm³/mol. The number of aryl methyl sites for hydroxylation is 2. The molecular formula is C16H20N2OS. The fraction of sp³-hybridized carbons (Fsp3) is 0.312. The van der Waals surface area contributed by atoms with E-state index < -0.39 is 0 Å². The van der Waals surface area contributed by atoms with E-state index in [4.69, 9.17) is 10.5 Å². The minimum Gasteiger partial charge on any atom is -0.476 e. The van der Waals surface area contributed by atoms with Crippen LogP contribution in [0.4, 0.5) is 5.69 Å². The van der Waals surface area contributed by atoms with Crippen molar-refractivity contribution in [2.45, 2.75) is 37.1 Å². The Morgan fingerprint density at radius 2 is 2.00 bits per heavy atom. The molecule has 0 unspecified atom stereocenters. The molecule has 0 aliphatic carbocycles. The van der Waals surface area contributed by atoms with Crippen LogP contribution in [-0.4, -0.2) is 11.6 Å². The van der Waals surface area contributed by atoms with Gasteiger partial charge in [-0.2, -0.15) is 0 Å². The normalized spacial score (nSPS) is 10.6. The second kappa shape index (κ2) is 6.66. The lowest BCUT2D eigenvalue weighted by atomic mass is 10.2. The summed E-state index contributed by atoms with van der Waals surface area (Å²) in [6.45, 7) is 6.89. The van der Waals surface area contributed by atoms with E-state index in [2.05, 4.69) is 44.0 Å². The number of nitrogens with zero attached hydrogens (tertiary/aromatic N) is 1. The molecule has 0 spiro atoms. The van der Waals surface area contributed by atoms with E-state index in [-0.39, 0.29) is 0 Å². The van der Waals surface area contributed by atoms with Crippen LogP contribution in [0.25, 0.3) is 0 Å². The quantitative estimate of drug-likeness (QED) is 0.895. The number of aromatic nitrogens is 1. The van der Waals surface area contributed by atoms with Crippen LogP contribution in [-0.2, 0) is 0 Å². The first-order chi connectivity index (χ1) is 9.60. The second-order valence-electron chi connectivity index (χ2n) is 4.76. The summed E-state index contributed by atoms with van der Waals surface area (Å²) < 4.78 is 5.57. The van der Waals surface area contributed by atoms with E-state index in [0.717, 1.165) is 11.4 Å². The van der Waals surface area contributed by atoms with Crippen molar-refractivity contribution in [3.05, 3.63) is 41.5 Å². The summed E-state index contributed by atoms with van der Waals surface area (Å²) in [7, 11) is 0. The number of nitrogens with two attached hydrogens (primary N) is 1. The smallest absolute Gasteiger partial charge is 0.238 e. The monoisotopic (exact) mass is 288 g/mol. The van der Waals surface area contributed by atoms with Crippen molar-refractivity contribution < 1.29 is 4.74 Å². The summed E-state index contributed by atoms with van der Waals surface area (Å²) >= 11 is 1.64. The third-order valence-electron chi connectivity index (χ3n) is 2.87. The first kappa shape index (κ1) is 14.7. The number of hydrogen-bond donors (Lipinski definition) is 1. The van der Waals surface area contributed by atoms with Gasteiger partial charge >= 0.3 is 0 Å². The zero-order valence-corrected chi connectivity index (χ0v) is 13.0. The SMILES string of the molecule is CCCOc1nc(Sc2cc(C)ccc2C)ccc1N. The average molecular weight is 288 g/mol. The minimum atomic E-state index is 0.530. The molecule has 2 aromatic rings. The Morgan fingerprint density at radius 3 is 2.75 bits per heavy atom. The van der Waals surface area contributed by atoms with Gasteiger partial charge in [0.05, 0.1) is 12.3 Å². The largest absolute Gasteiger partial charge is 0.476 e. The number of anilines is 1. The summed E-state index contributed by atoms with van der Waals surface area (Å²) in [5.41, 5.74) is 8.96. The lowest BCUT2D eigenvalue weighted by molar-refractivity contribution is 0.305. The van der Waals surface area contributed by atoms with E-state index in [1.54, 1.807) is 11.8 Å². The first-order valence-electron chi connectivity index (χ1n) is 6.74. The molecular weight excluding hydrogens is 268 g/mol. The van der Waals surface area contributed by atoms with Gasteiger partial charge in [0.15, 0.2) is 0 Å². The fourth-order valence-electron chi connectivity index (χ4n) is 1.74. The van der Waals surface area contributed by atoms with Crippen LogP contribution in [0.5, 0.6) is 5.88 Å². The molecule has 0 bridgehead atoms. The zero-order chi connectivity index (χ0) is 14.5. The molecule has 0 atom stereocenters. The number of pyridine rings is 1. The Balaban J connectivity index is 2.22. The number of ether oxygens (including phenoxy) is 1. The molecule has 0 aliphatic rings. The van der Waals surface area contributed by atoms with Gasteiger partial charge in [0.25, 0.3) is 0 Å². The Hall–Kier alpha value is -1.68. The average Bonchev–Trinajstić information content (AvgIpc) is 2.43. The summed E-state index contributed by atoms with van der Waals surface area (Å²) in [4.78, 5) is 5.70. The van der Waals surface area contributed by atoms with Crippen LogP contribution in [0.15, 0.2) is 40.3 Å². The molecule has 0 fully saturated rings. The Labute approximate surface area is 124 Å². The summed E-state index contributed by atoms with van der Waals surface area (Å²) in [5, 5.41) is 0.902. The van der Waals surface area contributed by atoms with Gasteiger partial charge in [-0.3, -0.25) is 0 Å². The molecule has 0 aliphatic heterocycles. The van der Waals surface area contributed by atoms with E-state index >= 15 is 0 Å². The number of nitrogen functional groups attached to an aromatic ring is 1. The number of hydrogen-bond acceptors (Lipinski definition) is 4. The third-order valence-corrected chi connectivity index (χ3v) is 3.96. The third kappa shape index (κ3) is 3.67. The van der Waals surface area contributed by atoms with Gasteiger partial charge in [-0.05, 0) is 49.6 Å². The van der Waals surface area contributed by atoms with Gasteiger partial charge < -0.3 is 10.5 Å². The maximum atomic E-state index is 5.88.